The van der Waals surface area contributed by atoms with Gasteiger partial charge in [-0.15, -0.1) is 0 Å². The van der Waals surface area contributed by atoms with Crippen LogP contribution in [0.3, 0.4) is 0 Å². The van der Waals surface area contributed by atoms with Gasteiger partial charge in [0.1, 0.15) is 12.1 Å². The molecule has 0 saturated carbocycles. The second-order valence-corrected chi connectivity index (χ2v) is 8.20. The summed E-state index contributed by atoms with van der Waals surface area (Å²) in [5, 5.41) is 15.9. The molecule has 182 valence electrons. The molecule has 1 aromatic carbocycles. The average molecular weight is 461 g/mol. The number of hydrogen-bond donors (Lipinski definition) is 7. The summed E-state index contributed by atoms with van der Waals surface area (Å²) < 4.78 is 0. The van der Waals surface area contributed by atoms with Crippen LogP contribution >= 0.6 is 0 Å². The number of rotatable bonds is 15. The molecule has 10 nitrogen and oxygen atoms in total. The molecule has 0 spiro atoms. The van der Waals surface area contributed by atoms with Crippen molar-refractivity contribution in [2.45, 2.75) is 63.1 Å². The first-order chi connectivity index (χ1) is 15.9. The molecule has 1 aromatic heterocycles. The van der Waals surface area contributed by atoms with E-state index in [1.54, 1.807) is 6.20 Å². The van der Waals surface area contributed by atoms with Gasteiger partial charge in [-0.2, -0.15) is 0 Å². The van der Waals surface area contributed by atoms with Crippen molar-refractivity contribution in [2.24, 2.45) is 17.2 Å². The normalized spacial score (nSPS) is 13.9. The Bertz CT molecular complexity index is 915. The molecule has 2 rings (SSSR count). The van der Waals surface area contributed by atoms with Crippen LogP contribution in [0, 0.1) is 0 Å². The van der Waals surface area contributed by atoms with Crippen molar-refractivity contribution in [3.05, 3.63) is 36.0 Å². The van der Waals surface area contributed by atoms with Crippen LogP contribution in [0.5, 0.6) is 0 Å². The quantitative estimate of drug-likeness (QED) is 0.187. The molecule has 1 heterocycles. The zero-order chi connectivity index (χ0) is 24.2. The topological polar surface area (TPSA) is 189 Å². The number of aromatic nitrogens is 1. The lowest BCUT2D eigenvalue weighted by molar-refractivity contribution is -0.142. The third kappa shape index (κ3) is 8.16. The molecule has 10 N–H and O–H groups in total. The molecule has 3 atom stereocenters. The van der Waals surface area contributed by atoms with Crippen molar-refractivity contribution in [2.75, 3.05) is 13.1 Å². The maximum Gasteiger partial charge on any atom is 0.326 e. The van der Waals surface area contributed by atoms with Crippen LogP contribution in [0.1, 0.15) is 44.1 Å². The molecule has 10 heteroatoms. The number of nitrogens with one attached hydrogen (secondary N) is 3. The third-order valence-corrected chi connectivity index (χ3v) is 5.60. The Morgan fingerprint density at radius 3 is 2.21 bits per heavy atom. The standard InChI is InChI=1S/C23H36N6O4/c24-11-5-3-8-17(26)21(30)28-19(10-4-6-12-25)22(31)29-20(23(32)33)13-15-14-27-18-9-2-1-7-16(15)18/h1-2,7,9,14,17,19-20,27H,3-6,8,10-13,24-26H2,(H,28,30)(H,29,31)(H,32,33). The Labute approximate surface area is 193 Å². The van der Waals surface area contributed by atoms with Crippen molar-refractivity contribution in [1.29, 1.82) is 0 Å². The van der Waals surface area contributed by atoms with Crippen LogP contribution in [0.4, 0.5) is 0 Å². The summed E-state index contributed by atoms with van der Waals surface area (Å²) in [7, 11) is 0. The van der Waals surface area contributed by atoms with E-state index in [-0.39, 0.29) is 6.42 Å². The van der Waals surface area contributed by atoms with Crippen LogP contribution in [-0.2, 0) is 20.8 Å². The van der Waals surface area contributed by atoms with Crippen molar-refractivity contribution in [3.63, 3.8) is 0 Å². The zero-order valence-corrected chi connectivity index (χ0v) is 18.9. The maximum atomic E-state index is 13.0. The molecule has 0 fully saturated rings. The van der Waals surface area contributed by atoms with E-state index in [2.05, 4.69) is 15.6 Å². The van der Waals surface area contributed by atoms with Gasteiger partial charge in [0.05, 0.1) is 6.04 Å². The van der Waals surface area contributed by atoms with Crippen LogP contribution < -0.4 is 27.8 Å². The highest BCUT2D eigenvalue weighted by atomic mass is 16.4. The molecule has 3 unspecified atom stereocenters. The Kier molecular flexibility index (Phi) is 10.8. The molecular weight excluding hydrogens is 424 g/mol. The zero-order valence-electron chi connectivity index (χ0n) is 18.9. The summed E-state index contributed by atoms with van der Waals surface area (Å²) in [5.74, 6) is -2.15. The molecule has 0 radical (unpaired) electrons. The summed E-state index contributed by atoms with van der Waals surface area (Å²) >= 11 is 0. The second-order valence-electron chi connectivity index (χ2n) is 8.20. The lowest BCUT2D eigenvalue weighted by atomic mass is 10.0. The minimum absolute atomic E-state index is 0.104. The van der Waals surface area contributed by atoms with E-state index in [1.807, 2.05) is 24.3 Å². The number of carbonyl (C=O) groups excluding carboxylic acids is 2. The van der Waals surface area contributed by atoms with Crippen LogP contribution in [-0.4, -0.2) is 59.1 Å². The van der Waals surface area contributed by atoms with E-state index in [9.17, 15) is 19.5 Å². The summed E-state index contributed by atoms with van der Waals surface area (Å²) in [5.41, 5.74) is 18.6. The molecule has 2 amide bonds. The lowest BCUT2D eigenvalue weighted by Crippen LogP contribution is -2.54. The Balaban J connectivity index is 2.07. The highest BCUT2D eigenvalue weighted by molar-refractivity contribution is 5.92. The summed E-state index contributed by atoms with van der Waals surface area (Å²) in [6.07, 6.45) is 5.40. The van der Waals surface area contributed by atoms with E-state index in [1.165, 1.54) is 0 Å². The van der Waals surface area contributed by atoms with Gasteiger partial charge < -0.3 is 37.9 Å². The number of carbonyl (C=O) groups is 3. The molecule has 0 bridgehead atoms. The van der Waals surface area contributed by atoms with E-state index >= 15 is 0 Å². The summed E-state index contributed by atoms with van der Waals surface area (Å²) in [6.45, 7) is 0.977. The molecule has 0 aliphatic carbocycles. The number of aliphatic carboxylic acids is 1. The van der Waals surface area contributed by atoms with Gasteiger partial charge in [0.25, 0.3) is 0 Å². The van der Waals surface area contributed by atoms with E-state index in [0.29, 0.717) is 45.2 Å². The van der Waals surface area contributed by atoms with Gasteiger partial charge in [0, 0.05) is 23.5 Å². The minimum Gasteiger partial charge on any atom is -0.480 e. The van der Waals surface area contributed by atoms with Crippen molar-refractivity contribution in [3.8, 4) is 0 Å². The fourth-order valence-corrected chi connectivity index (χ4v) is 3.67. The van der Waals surface area contributed by atoms with E-state index in [4.69, 9.17) is 17.2 Å². The molecule has 33 heavy (non-hydrogen) atoms. The predicted molar refractivity (Wildman–Crippen MR) is 127 cm³/mol. The highest BCUT2D eigenvalue weighted by Gasteiger charge is 2.28. The summed E-state index contributed by atoms with van der Waals surface area (Å²) in [6, 6.07) is 4.74. The number of amides is 2. The smallest absolute Gasteiger partial charge is 0.326 e. The second kappa shape index (κ2) is 13.6. The minimum atomic E-state index is -1.15. The lowest BCUT2D eigenvalue weighted by Gasteiger charge is -2.23. The van der Waals surface area contributed by atoms with Gasteiger partial charge in [0.2, 0.25) is 11.8 Å². The third-order valence-electron chi connectivity index (χ3n) is 5.60. The number of benzene rings is 1. The number of aromatic amines is 1. The van der Waals surface area contributed by atoms with Crippen LogP contribution in [0.25, 0.3) is 10.9 Å². The molecule has 0 aliphatic rings. The fraction of sp³-hybridized carbons (Fsp3) is 0.522. The monoisotopic (exact) mass is 460 g/mol. The number of hydrogen-bond acceptors (Lipinski definition) is 6. The first kappa shape index (κ1) is 26.3. The van der Waals surface area contributed by atoms with Gasteiger partial charge in [-0.05, 0) is 56.8 Å². The van der Waals surface area contributed by atoms with Crippen LogP contribution in [0.15, 0.2) is 30.5 Å². The SMILES string of the molecule is NCCCCC(N)C(=O)NC(CCCCN)C(=O)NC(Cc1c[nH]c2ccccc12)C(=O)O. The number of fused-ring (bicyclic) bond motifs is 1. The average Bonchev–Trinajstić information content (AvgIpc) is 3.20. The number of para-hydroxylation sites is 1. The van der Waals surface area contributed by atoms with Gasteiger partial charge in [-0.3, -0.25) is 9.59 Å². The number of unbranched alkanes of at least 4 members (excludes halogenated alkanes) is 2. The largest absolute Gasteiger partial charge is 0.480 e. The summed E-state index contributed by atoms with van der Waals surface area (Å²) in [4.78, 5) is 40.5. The molecule has 0 aliphatic heterocycles. The highest BCUT2D eigenvalue weighted by Crippen LogP contribution is 2.19. The van der Waals surface area contributed by atoms with Gasteiger partial charge in [-0.1, -0.05) is 24.6 Å². The van der Waals surface area contributed by atoms with Gasteiger partial charge >= 0.3 is 5.97 Å². The maximum absolute atomic E-state index is 13.0. The number of carboxylic acid groups (broad SMARTS) is 1. The number of nitrogens with two attached hydrogens (primary N) is 3. The molecular formula is C23H36N6O4. The molecule has 0 saturated heterocycles. The van der Waals surface area contributed by atoms with Crippen LogP contribution in [0.2, 0.25) is 0 Å². The Morgan fingerprint density at radius 1 is 0.909 bits per heavy atom. The van der Waals surface area contributed by atoms with Crippen molar-refractivity contribution >= 4 is 28.7 Å². The van der Waals surface area contributed by atoms with Crippen molar-refractivity contribution < 1.29 is 19.5 Å². The first-order valence-electron chi connectivity index (χ1n) is 11.4. The fourth-order valence-electron chi connectivity index (χ4n) is 3.67. The molecule has 2 aromatic rings. The predicted octanol–water partition coefficient (Wildman–Crippen LogP) is 0.350. The first-order valence-corrected chi connectivity index (χ1v) is 11.4. The van der Waals surface area contributed by atoms with Gasteiger partial charge in [-0.25, -0.2) is 4.79 Å². The number of carboxylic acids is 1. The van der Waals surface area contributed by atoms with E-state index < -0.39 is 35.9 Å². The Hall–Kier alpha value is -2.95. The van der Waals surface area contributed by atoms with E-state index in [0.717, 1.165) is 22.9 Å². The Morgan fingerprint density at radius 2 is 1.55 bits per heavy atom. The van der Waals surface area contributed by atoms with Gasteiger partial charge in [0.15, 0.2) is 0 Å². The van der Waals surface area contributed by atoms with Crippen molar-refractivity contribution in [1.82, 2.24) is 15.6 Å². The number of H-pyrrole nitrogens is 1.